The van der Waals surface area contributed by atoms with Gasteiger partial charge in [0.15, 0.2) is 12.3 Å². The Hall–Kier alpha value is -0.754. The van der Waals surface area contributed by atoms with E-state index >= 15 is 0 Å². The number of hydrogen-bond donors (Lipinski definition) is 1. The number of hydrogen-bond acceptors (Lipinski definition) is 6. The Kier molecular flexibility index (Phi) is 10.6. The molecule has 0 bridgehead atoms. The normalized spacial score (nSPS) is 20.0. The number of carbonyl (C=O) groups is 2. The van der Waals surface area contributed by atoms with Gasteiger partial charge in [-0.15, -0.1) is 0 Å². The first kappa shape index (κ1) is 28.5. The van der Waals surface area contributed by atoms with E-state index < -0.39 is 40.8 Å². The summed E-state index contributed by atoms with van der Waals surface area (Å²) in [6.07, 6.45) is -3.48. The topological polar surface area (TPSA) is 94.5 Å². The summed E-state index contributed by atoms with van der Waals surface area (Å²) in [7, 11) is 2.93. The van der Waals surface area contributed by atoms with Gasteiger partial charge in [-0.3, -0.25) is 4.90 Å². The molecule has 3 atom stereocenters. The van der Waals surface area contributed by atoms with E-state index in [2.05, 4.69) is 0 Å². The third kappa shape index (κ3) is 6.90. The minimum atomic E-state index is -1.85. The van der Waals surface area contributed by atoms with E-state index in [0.717, 1.165) is 4.90 Å². The quantitative estimate of drug-likeness (QED) is 0.438. The molecule has 2 aromatic carbocycles. The molecular weight excluding hydrogens is 524 g/mol. The van der Waals surface area contributed by atoms with Crippen molar-refractivity contribution in [2.24, 2.45) is 0 Å². The number of carboxylic acid groups (broad SMARTS) is 1. The first-order valence-electron chi connectivity index (χ1n) is 9.33. The summed E-state index contributed by atoms with van der Waals surface area (Å²) >= 11 is 17.2. The molecule has 1 amide bonds. The summed E-state index contributed by atoms with van der Waals surface area (Å²) in [5.41, 5.74) is 0.921. The van der Waals surface area contributed by atoms with Crippen LogP contribution >= 0.6 is 34.8 Å². The van der Waals surface area contributed by atoms with Crippen LogP contribution in [0.1, 0.15) is 24.8 Å². The number of alkyl halides is 3. The van der Waals surface area contributed by atoms with Crippen molar-refractivity contribution in [1.82, 2.24) is 4.90 Å². The number of rotatable bonds is 6. The van der Waals surface area contributed by atoms with E-state index in [0.29, 0.717) is 22.6 Å². The maximum absolute atomic E-state index is 13.1. The van der Waals surface area contributed by atoms with Crippen molar-refractivity contribution in [3.8, 4) is 11.5 Å². The molecule has 0 saturated carbocycles. The van der Waals surface area contributed by atoms with Crippen molar-refractivity contribution in [2.45, 2.75) is 22.2 Å². The van der Waals surface area contributed by atoms with E-state index in [1.165, 1.54) is 14.2 Å². The van der Waals surface area contributed by atoms with E-state index in [4.69, 9.17) is 53.8 Å². The fraction of sp³-hybridized carbons (Fsp3) is 0.333. The van der Waals surface area contributed by atoms with Crippen LogP contribution in [-0.4, -0.2) is 52.8 Å². The average molecular weight is 545 g/mol. The third-order valence-electron chi connectivity index (χ3n) is 4.78. The van der Waals surface area contributed by atoms with Crippen molar-refractivity contribution in [3.05, 3.63) is 59.7 Å². The Bertz CT molecular complexity index is 981. The second-order valence-electron chi connectivity index (χ2n) is 6.79. The van der Waals surface area contributed by atoms with Gasteiger partial charge in [-0.05, 0) is 17.7 Å². The molecule has 1 saturated heterocycles. The van der Waals surface area contributed by atoms with Crippen LogP contribution in [0.15, 0.2) is 48.5 Å². The van der Waals surface area contributed by atoms with Crippen molar-refractivity contribution >= 4 is 46.9 Å². The molecular formula is C21H21Cl3KNO7. The van der Waals surface area contributed by atoms with Crippen LogP contribution in [0.4, 0.5) is 4.79 Å². The molecule has 1 N–H and O–H groups in total. The maximum Gasteiger partial charge on any atom is 1.00 e. The number of carboxylic acids is 1. The van der Waals surface area contributed by atoms with Gasteiger partial charge in [0, 0.05) is 11.6 Å². The number of methoxy groups -OCH3 is 2. The van der Waals surface area contributed by atoms with Gasteiger partial charge in [0.2, 0.25) is 3.79 Å². The van der Waals surface area contributed by atoms with Gasteiger partial charge in [0.25, 0.3) is 0 Å². The minimum Gasteiger partial charge on any atom is -1.00 e. The Morgan fingerprint density at radius 2 is 1.79 bits per heavy atom. The standard InChI is InChI=1S/C21H20Cl3NO7.K.H/c1-29-13-8-9-14(15(10-13)30-2)18-25(20(28)31-11-21(22,23)24)16(17(32-18)19(26)27)12-6-4-3-5-7-12;;/h3-10,16-18H,11H2,1-2H3,(H,26,27);;/q;+1;-1/t16-,17+,18?;;/m0../s1. The van der Waals surface area contributed by atoms with E-state index in [1.54, 1.807) is 48.5 Å². The summed E-state index contributed by atoms with van der Waals surface area (Å²) in [4.78, 5) is 26.4. The monoisotopic (exact) mass is 543 g/mol. The molecule has 1 heterocycles. The van der Waals surface area contributed by atoms with Crippen LogP contribution in [-0.2, 0) is 14.3 Å². The number of aliphatic carboxylic acids is 1. The zero-order chi connectivity index (χ0) is 23.5. The predicted octanol–water partition coefficient (Wildman–Crippen LogP) is 1.85. The number of amides is 1. The maximum atomic E-state index is 13.1. The predicted molar refractivity (Wildman–Crippen MR) is 119 cm³/mol. The molecule has 8 nitrogen and oxygen atoms in total. The molecule has 33 heavy (non-hydrogen) atoms. The number of benzene rings is 2. The number of carbonyl (C=O) groups excluding carboxylic acids is 1. The molecule has 1 aliphatic heterocycles. The second-order valence-corrected chi connectivity index (χ2v) is 9.30. The summed E-state index contributed by atoms with van der Waals surface area (Å²) in [5, 5.41) is 9.86. The van der Waals surface area contributed by atoms with Crippen molar-refractivity contribution < 1.29 is 86.5 Å². The SMILES string of the molecule is COc1ccc(C2O[C@@H](C(=O)O)[C@H](c3ccccc3)N2C(=O)OCC(Cl)(Cl)Cl)c(OC)c1.[H-].[K+]. The molecule has 174 valence electrons. The number of nitrogens with zero attached hydrogens (tertiary/aromatic N) is 1. The van der Waals surface area contributed by atoms with Gasteiger partial charge in [-0.1, -0.05) is 65.1 Å². The number of halogens is 3. The zero-order valence-electron chi connectivity index (χ0n) is 19.0. The van der Waals surface area contributed by atoms with Crippen LogP contribution in [0, 0.1) is 0 Å². The fourth-order valence-corrected chi connectivity index (χ4v) is 3.59. The molecule has 1 unspecified atom stereocenters. The van der Waals surface area contributed by atoms with E-state index in [-0.39, 0.29) is 52.8 Å². The van der Waals surface area contributed by atoms with Gasteiger partial charge < -0.3 is 25.5 Å². The van der Waals surface area contributed by atoms with Crippen LogP contribution in [0.5, 0.6) is 11.5 Å². The van der Waals surface area contributed by atoms with Gasteiger partial charge in [-0.2, -0.15) is 0 Å². The Labute approximate surface area is 249 Å². The molecule has 3 rings (SSSR count). The molecule has 1 fully saturated rings. The molecule has 0 radical (unpaired) electrons. The van der Waals surface area contributed by atoms with Crippen molar-refractivity contribution in [1.29, 1.82) is 0 Å². The van der Waals surface area contributed by atoms with E-state index in [1.807, 2.05) is 0 Å². The smallest absolute Gasteiger partial charge is 1.00 e. The largest absolute Gasteiger partial charge is 1.00 e. The van der Waals surface area contributed by atoms with Gasteiger partial charge in [-0.25, -0.2) is 9.59 Å². The van der Waals surface area contributed by atoms with Crippen molar-refractivity contribution in [2.75, 3.05) is 20.8 Å². The first-order chi connectivity index (χ1) is 15.2. The fourth-order valence-electron chi connectivity index (χ4n) is 3.42. The molecule has 0 aliphatic carbocycles. The second kappa shape index (κ2) is 12.3. The Morgan fingerprint density at radius 1 is 1.12 bits per heavy atom. The van der Waals surface area contributed by atoms with Crippen LogP contribution in [0.3, 0.4) is 0 Å². The summed E-state index contributed by atoms with van der Waals surface area (Å²) in [6, 6.07) is 12.4. The van der Waals surface area contributed by atoms with Gasteiger partial charge >= 0.3 is 63.4 Å². The Balaban J connectivity index is 0.00000289. The zero-order valence-corrected chi connectivity index (χ0v) is 23.4. The first-order valence-corrected chi connectivity index (χ1v) is 10.5. The molecule has 0 aromatic heterocycles. The average Bonchev–Trinajstić information content (AvgIpc) is 3.18. The van der Waals surface area contributed by atoms with Gasteiger partial charge in [0.1, 0.15) is 24.1 Å². The van der Waals surface area contributed by atoms with E-state index in [9.17, 15) is 14.7 Å². The van der Waals surface area contributed by atoms with Gasteiger partial charge in [0.05, 0.1) is 14.2 Å². The Morgan fingerprint density at radius 3 is 2.33 bits per heavy atom. The number of ether oxygens (including phenoxy) is 4. The van der Waals surface area contributed by atoms with Crippen LogP contribution in [0.2, 0.25) is 0 Å². The van der Waals surface area contributed by atoms with Crippen LogP contribution < -0.4 is 60.9 Å². The third-order valence-corrected chi connectivity index (χ3v) is 5.10. The molecule has 1 aliphatic rings. The molecule has 12 heteroatoms. The molecule has 0 spiro atoms. The molecule has 2 aromatic rings. The van der Waals surface area contributed by atoms with Crippen molar-refractivity contribution in [3.63, 3.8) is 0 Å². The summed E-state index contributed by atoms with van der Waals surface area (Å²) in [5.74, 6) is -0.428. The summed E-state index contributed by atoms with van der Waals surface area (Å²) < 4.78 is 19.8. The van der Waals surface area contributed by atoms with Crippen LogP contribution in [0.25, 0.3) is 0 Å². The minimum absolute atomic E-state index is 0. The summed E-state index contributed by atoms with van der Waals surface area (Å²) in [6.45, 7) is -0.543.